The number of aromatic amines is 2. The van der Waals surface area contributed by atoms with E-state index in [4.69, 9.17) is 0 Å². The molecule has 5 rings (SSSR count). The molecule has 0 saturated carbocycles. The fourth-order valence-corrected chi connectivity index (χ4v) is 3.63. The Morgan fingerprint density at radius 2 is 1.91 bits per heavy atom. The van der Waals surface area contributed by atoms with Gasteiger partial charge in [-0.1, -0.05) is 48.0 Å². The van der Waals surface area contributed by atoms with Crippen LogP contribution in [0.1, 0.15) is 21.5 Å². The summed E-state index contributed by atoms with van der Waals surface area (Å²) in [5, 5.41) is 8.16. The first-order chi connectivity index (χ1) is 15.5. The van der Waals surface area contributed by atoms with Gasteiger partial charge in [-0.2, -0.15) is 5.10 Å². The molecule has 0 spiro atoms. The predicted octanol–water partition coefficient (Wildman–Crippen LogP) is 4.33. The van der Waals surface area contributed by atoms with Crippen LogP contribution < -0.4 is 10.9 Å². The largest absolute Gasteiger partial charge is 0.354 e. The first-order valence-corrected chi connectivity index (χ1v) is 10.3. The number of benzene rings is 2. The number of pyridine rings is 1. The van der Waals surface area contributed by atoms with Crippen molar-refractivity contribution in [2.75, 3.05) is 5.32 Å². The molecule has 0 radical (unpaired) electrons. The molecule has 0 aliphatic rings. The molecule has 0 unspecified atom stereocenters. The van der Waals surface area contributed by atoms with Gasteiger partial charge in [0.2, 0.25) is 0 Å². The van der Waals surface area contributed by atoms with E-state index in [-0.39, 0.29) is 11.5 Å². The summed E-state index contributed by atoms with van der Waals surface area (Å²) in [5.74, 6) is -0.325. The lowest BCUT2D eigenvalue weighted by Crippen LogP contribution is -2.16. The molecule has 5 aromatic rings. The van der Waals surface area contributed by atoms with Gasteiger partial charge in [0.15, 0.2) is 0 Å². The topological polar surface area (TPSA) is 95.6 Å². The predicted molar refractivity (Wildman–Crippen MR) is 125 cm³/mol. The van der Waals surface area contributed by atoms with Crippen molar-refractivity contribution >= 4 is 22.5 Å². The maximum Gasteiger partial charge on any atom is 0.257 e. The molecule has 0 saturated heterocycles. The van der Waals surface area contributed by atoms with E-state index >= 15 is 0 Å². The van der Waals surface area contributed by atoms with Gasteiger partial charge in [-0.05, 0) is 30.7 Å². The number of hydrogen-bond donors (Lipinski definition) is 3. The highest BCUT2D eigenvalue weighted by atomic mass is 16.2. The molecule has 0 aliphatic heterocycles. The zero-order chi connectivity index (χ0) is 22.1. The minimum absolute atomic E-state index is 0.265. The lowest BCUT2D eigenvalue weighted by atomic mass is 10.1. The lowest BCUT2D eigenvalue weighted by molar-refractivity contribution is 0.102. The molecule has 3 heterocycles. The van der Waals surface area contributed by atoms with Gasteiger partial charge in [0.1, 0.15) is 0 Å². The quantitative estimate of drug-likeness (QED) is 0.393. The standard InChI is InChI=1S/C25H21N5O2/c1-16-6-8-17(9-7-16)14-30-15-20(13-27-30)28-24(31)19-10-21(25(32)26-12-19)23-11-18-4-2-3-5-22(18)29-23/h2-13,15,29H,14H2,1H3,(H,26,32)(H,28,31). The van der Waals surface area contributed by atoms with E-state index in [1.54, 1.807) is 23.1 Å². The number of aromatic nitrogens is 4. The van der Waals surface area contributed by atoms with Gasteiger partial charge in [0.25, 0.3) is 11.5 Å². The third kappa shape index (κ3) is 3.96. The monoisotopic (exact) mass is 423 g/mol. The summed E-state index contributed by atoms with van der Waals surface area (Å²) in [4.78, 5) is 31.1. The second kappa shape index (κ2) is 8.03. The van der Waals surface area contributed by atoms with Crippen molar-refractivity contribution in [1.29, 1.82) is 0 Å². The van der Waals surface area contributed by atoms with Crippen molar-refractivity contribution in [2.45, 2.75) is 13.5 Å². The van der Waals surface area contributed by atoms with Crippen molar-refractivity contribution in [1.82, 2.24) is 19.7 Å². The fraction of sp³-hybridized carbons (Fsp3) is 0.0800. The van der Waals surface area contributed by atoms with Gasteiger partial charge >= 0.3 is 0 Å². The van der Waals surface area contributed by atoms with Gasteiger partial charge in [-0.3, -0.25) is 14.3 Å². The zero-order valence-corrected chi connectivity index (χ0v) is 17.4. The number of fused-ring (bicyclic) bond motifs is 1. The SMILES string of the molecule is Cc1ccc(Cn2cc(NC(=O)c3c[nH]c(=O)c(-c4cc5ccccc5[nH]4)c3)cn2)cc1. The van der Waals surface area contributed by atoms with Crippen molar-refractivity contribution < 1.29 is 4.79 Å². The summed E-state index contributed by atoms with van der Waals surface area (Å²) < 4.78 is 1.77. The number of nitrogens with zero attached hydrogens (tertiary/aromatic N) is 2. The van der Waals surface area contributed by atoms with E-state index in [2.05, 4.69) is 44.6 Å². The van der Waals surface area contributed by atoms with Crippen LogP contribution in [0.3, 0.4) is 0 Å². The highest BCUT2D eigenvalue weighted by molar-refractivity contribution is 6.04. The minimum atomic E-state index is -0.325. The number of H-pyrrole nitrogens is 2. The van der Waals surface area contributed by atoms with Crippen LogP contribution in [0.15, 0.2) is 84.0 Å². The van der Waals surface area contributed by atoms with Gasteiger partial charge in [-0.15, -0.1) is 0 Å². The Kier molecular flexibility index (Phi) is 4.91. The Morgan fingerprint density at radius 1 is 1.09 bits per heavy atom. The third-order valence-corrected chi connectivity index (χ3v) is 5.34. The molecule has 3 N–H and O–H groups in total. The fourth-order valence-electron chi connectivity index (χ4n) is 3.63. The number of anilines is 1. The van der Waals surface area contributed by atoms with E-state index < -0.39 is 0 Å². The maximum atomic E-state index is 12.8. The van der Waals surface area contributed by atoms with E-state index in [0.717, 1.165) is 16.5 Å². The summed E-state index contributed by atoms with van der Waals surface area (Å²) in [7, 11) is 0. The summed E-state index contributed by atoms with van der Waals surface area (Å²) in [6, 6.07) is 19.5. The molecule has 0 fully saturated rings. The van der Waals surface area contributed by atoms with Gasteiger partial charge < -0.3 is 15.3 Å². The van der Waals surface area contributed by atoms with Gasteiger partial charge in [0.05, 0.1) is 35.2 Å². The van der Waals surface area contributed by atoms with E-state index in [0.29, 0.717) is 29.1 Å². The Morgan fingerprint density at radius 3 is 2.72 bits per heavy atom. The van der Waals surface area contributed by atoms with Crippen molar-refractivity contribution in [3.8, 4) is 11.3 Å². The van der Waals surface area contributed by atoms with Crippen LogP contribution in [0.2, 0.25) is 0 Å². The smallest absolute Gasteiger partial charge is 0.257 e. The first kappa shape index (κ1) is 19.6. The van der Waals surface area contributed by atoms with Crippen LogP contribution in [0.5, 0.6) is 0 Å². The number of carbonyl (C=O) groups is 1. The maximum absolute atomic E-state index is 12.8. The lowest BCUT2D eigenvalue weighted by Gasteiger charge is -2.05. The van der Waals surface area contributed by atoms with Crippen LogP contribution in [-0.2, 0) is 6.54 Å². The molecular weight excluding hydrogens is 402 g/mol. The summed E-state index contributed by atoms with van der Waals surface area (Å²) in [5.41, 5.74) is 4.99. The summed E-state index contributed by atoms with van der Waals surface area (Å²) >= 11 is 0. The van der Waals surface area contributed by atoms with E-state index in [1.165, 1.54) is 11.8 Å². The number of nitrogens with one attached hydrogen (secondary N) is 3. The normalized spacial score (nSPS) is 11.0. The van der Waals surface area contributed by atoms with Crippen molar-refractivity contribution in [3.05, 3.63) is 106 Å². The molecule has 0 atom stereocenters. The highest BCUT2D eigenvalue weighted by Gasteiger charge is 2.13. The molecule has 0 aliphatic carbocycles. The first-order valence-electron chi connectivity index (χ1n) is 10.3. The second-order valence-electron chi connectivity index (χ2n) is 7.77. The second-order valence-corrected chi connectivity index (χ2v) is 7.77. The van der Waals surface area contributed by atoms with Crippen LogP contribution >= 0.6 is 0 Å². The average Bonchev–Trinajstić information content (AvgIpc) is 3.42. The molecule has 158 valence electrons. The molecule has 32 heavy (non-hydrogen) atoms. The Balaban J connectivity index is 1.35. The number of carbonyl (C=O) groups excluding carboxylic acids is 1. The molecule has 7 heteroatoms. The van der Waals surface area contributed by atoms with Crippen molar-refractivity contribution in [2.24, 2.45) is 0 Å². The number of hydrogen-bond acceptors (Lipinski definition) is 3. The molecular formula is C25H21N5O2. The highest BCUT2D eigenvalue weighted by Crippen LogP contribution is 2.22. The molecule has 0 bridgehead atoms. The minimum Gasteiger partial charge on any atom is -0.354 e. The Labute approximate surface area is 183 Å². The van der Waals surface area contributed by atoms with Crippen LogP contribution in [0, 0.1) is 6.92 Å². The third-order valence-electron chi connectivity index (χ3n) is 5.34. The van der Waals surface area contributed by atoms with Crippen LogP contribution in [0.4, 0.5) is 5.69 Å². The van der Waals surface area contributed by atoms with Crippen LogP contribution in [-0.4, -0.2) is 25.7 Å². The number of aryl methyl sites for hydroxylation is 1. The number of para-hydroxylation sites is 1. The van der Waals surface area contributed by atoms with E-state index in [9.17, 15) is 9.59 Å². The zero-order valence-electron chi connectivity index (χ0n) is 17.4. The van der Waals surface area contributed by atoms with Crippen LogP contribution in [0.25, 0.3) is 22.2 Å². The molecule has 3 aromatic heterocycles. The van der Waals surface area contributed by atoms with Gasteiger partial charge in [-0.25, -0.2) is 0 Å². The number of rotatable bonds is 5. The summed E-state index contributed by atoms with van der Waals surface area (Å²) in [6.07, 6.45) is 4.80. The average molecular weight is 423 g/mol. The van der Waals surface area contributed by atoms with Gasteiger partial charge in [0, 0.05) is 23.3 Å². The summed E-state index contributed by atoms with van der Waals surface area (Å²) in [6.45, 7) is 2.66. The molecule has 1 amide bonds. The van der Waals surface area contributed by atoms with E-state index in [1.807, 2.05) is 37.3 Å². The number of amides is 1. The molecule has 7 nitrogen and oxygen atoms in total. The Bertz CT molecular complexity index is 1440. The Hall–Kier alpha value is -4.39. The van der Waals surface area contributed by atoms with Crippen molar-refractivity contribution in [3.63, 3.8) is 0 Å². The molecule has 2 aromatic carbocycles.